The first-order valence-corrected chi connectivity index (χ1v) is 5.29. The van der Waals surface area contributed by atoms with E-state index >= 15 is 0 Å². The van der Waals surface area contributed by atoms with Crippen molar-refractivity contribution >= 4 is 5.84 Å². The van der Waals surface area contributed by atoms with Gasteiger partial charge < -0.3 is 21.4 Å². The molecule has 0 saturated heterocycles. The molecule has 5 nitrogen and oxygen atoms in total. The number of nitrogens with one attached hydrogen (secondary N) is 1. The fraction of sp³-hybridized carbons (Fsp3) is 0.900. The summed E-state index contributed by atoms with van der Waals surface area (Å²) in [6.07, 6.45) is 2.03. The molecule has 0 radical (unpaired) electrons. The lowest BCUT2D eigenvalue weighted by atomic mass is 9.98. The van der Waals surface area contributed by atoms with Crippen LogP contribution in [0.25, 0.3) is 0 Å². The Balaban J connectivity index is 3.55. The van der Waals surface area contributed by atoms with E-state index in [1.54, 1.807) is 6.92 Å². The number of hydrogen-bond acceptors (Lipinski definition) is 4. The van der Waals surface area contributed by atoms with Gasteiger partial charge in [-0.3, -0.25) is 0 Å². The van der Waals surface area contributed by atoms with E-state index in [9.17, 15) is 5.11 Å². The van der Waals surface area contributed by atoms with Crippen LogP contribution in [0.1, 0.15) is 40.0 Å². The minimum absolute atomic E-state index is 0.267. The maximum atomic E-state index is 9.43. The Morgan fingerprint density at radius 3 is 2.53 bits per heavy atom. The number of rotatable bonds is 7. The highest BCUT2D eigenvalue weighted by molar-refractivity contribution is 5.79. The normalized spacial score (nSPS) is 15.3. The summed E-state index contributed by atoms with van der Waals surface area (Å²) in [5, 5.41) is 23.9. The number of unbranched alkanes of at least 4 members (excludes halogenated alkanes) is 1. The molecule has 0 aromatic heterocycles. The SMILES string of the molecule is CC(O)C(C)(C)NCCCCC(N)=NO. The second kappa shape index (κ2) is 6.63. The number of hydrogen-bond donors (Lipinski definition) is 4. The van der Waals surface area contributed by atoms with E-state index in [-0.39, 0.29) is 17.5 Å². The van der Waals surface area contributed by atoms with Crippen LogP contribution in [0.15, 0.2) is 5.16 Å². The summed E-state index contributed by atoms with van der Waals surface area (Å²) >= 11 is 0. The third-order valence-electron chi connectivity index (χ3n) is 2.61. The number of nitrogens with two attached hydrogens (primary N) is 1. The fourth-order valence-corrected chi connectivity index (χ4v) is 1.04. The van der Waals surface area contributed by atoms with Crippen molar-refractivity contribution in [3.63, 3.8) is 0 Å². The monoisotopic (exact) mass is 217 g/mol. The lowest BCUT2D eigenvalue weighted by Gasteiger charge is -2.29. The van der Waals surface area contributed by atoms with Crippen LogP contribution in [0.3, 0.4) is 0 Å². The average Bonchev–Trinajstić information content (AvgIpc) is 2.16. The van der Waals surface area contributed by atoms with Crippen LogP contribution in [-0.2, 0) is 0 Å². The minimum Gasteiger partial charge on any atom is -0.409 e. The van der Waals surface area contributed by atoms with Gasteiger partial charge in [0.2, 0.25) is 0 Å². The predicted octanol–water partition coefficient (Wildman–Crippen LogP) is 0.652. The summed E-state index contributed by atoms with van der Waals surface area (Å²) in [5.74, 6) is 0.268. The summed E-state index contributed by atoms with van der Waals surface area (Å²) in [4.78, 5) is 0. The topological polar surface area (TPSA) is 90.9 Å². The number of nitrogens with zero attached hydrogens (tertiary/aromatic N) is 1. The number of aliphatic hydroxyl groups is 1. The molecule has 5 heteroatoms. The first-order valence-electron chi connectivity index (χ1n) is 5.29. The summed E-state index contributed by atoms with van der Waals surface area (Å²) in [6, 6.07) is 0. The van der Waals surface area contributed by atoms with Crippen LogP contribution >= 0.6 is 0 Å². The zero-order valence-corrected chi connectivity index (χ0v) is 9.82. The molecule has 0 amide bonds. The third kappa shape index (κ3) is 6.30. The Kier molecular flexibility index (Phi) is 6.27. The van der Waals surface area contributed by atoms with Crippen LogP contribution in [0.5, 0.6) is 0 Å². The maximum Gasteiger partial charge on any atom is 0.139 e. The molecule has 0 aliphatic rings. The second-order valence-corrected chi connectivity index (χ2v) is 4.37. The van der Waals surface area contributed by atoms with Crippen molar-refractivity contribution in [3.05, 3.63) is 0 Å². The Labute approximate surface area is 91.4 Å². The summed E-state index contributed by atoms with van der Waals surface area (Å²) in [5.41, 5.74) is 5.06. The van der Waals surface area contributed by atoms with Gasteiger partial charge in [0, 0.05) is 12.0 Å². The van der Waals surface area contributed by atoms with E-state index in [1.807, 2.05) is 13.8 Å². The van der Waals surface area contributed by atoms with Gasteiger partial charge in [0.1, 0.15) is 5.84 Å². The van der Waals surface area contributed by atoms with Gasteiger partial charge in [0.25, 0.3) is 0 Å². The summed E-state index contributed by atoms with van der Waals surface area (Å²) < 4.78 is 0. The van der Waals surface area contributed by atoms with Crippen molar-refractivity contribution in [1.29, 1.82) is 0 Å². The van der Waals surface area contributed by atoms with Crippen molar-refractivity contribution in [2.75, 3.05) is 6.54 Å². The van der Waals surface area contributed by atoms with Crippen LogP contribution in [-0.4, -0.2) is 34.3 Å². The molecule has 0 aliphatic carbocycles. The summed E-state index contributed by atoms with van der Waals surface area (Å²) in [6.45, 7) is 6.50. The van der Waals surface area contributed by atoms with Crippen molar-refractivity contribution in [2.45, 2.75) is 51.7 Å². The van der Waals surface area contributed by atoms with Gasteiger partial charge in [-0.05, 0) is 40.2 Å². The maximum absolute atomic E-state index is 9.43. The van der Waals surface area contributed by atoms with Crippen LogP contribution in [0.4, 0.5) is 0 Å². The number of oxime groups is 1. The van der Waals surface area contributed by atoms with E-state index in [1.165, 1.54) is 0 Å². The third-order valence-corrected chi connectivity index (χ3v) is 2.61. The van der Waals surface area contributed by atoms with E-state index < -0.39 is 0 Å². The first kappa shape index (κ1) is 14.2. The molecule has 0 aliphatic heterocycles. The molecule has 15 heavy (non-hydrogen) atoms. The lowest BCUT2D eigenvalue weighted by Crippen LogP contribution is -2.48. The molecule has 5 N–H and O–H groups in total. The molecule has 0 saturated carbocycles. The molecule has 0 aromatic carbocycles. The van der Waals surface area contributed by atoms with E-state index in [2.05, 4.69) is 10.5 Å². The molecule has 0 heterocycles. The minimum atomic E-state index is -0.387. The molecule has 90 valence electrons. The Hall–Kier alpha value is -0.810. The smallest absolute Gasteiger partial charge is 0.139 e. The van der Waals surface area contributed by atoms with Crippen molar-refractivity contribution in [3.8, 4) is 0 Å². The highest BCUT2D eigenvalue weighted by Gasteiger charge is 2.22. The van der Waals surface area contributed by atoms with E-state index in [4.69, 9.17) is 10.9 Å². The Morgan fingerprint density at radius 1 is 1.47 bits per heavy atom. The molecule has 0 spiro atoms. The molecule has 1 unspecified atom stereocenters. The van der Waals surface area contributed by atoms with Gasteiger partial charge in [-0.15, -0.1) is 0 Å². The molecular weight excluding hydrogens is 194 g/mol. The van der Waals surface area contributed by atoms with E-state index in [0.29, 0.717) is 6.42 Å². The Bertz CT molecular complexity index is 203. The predicted molar refractivity (Wildman–Crippen MR) is 61.0 cm³/mol. The molecule has 0 bridgehead atoms. The molecule has 1 atom stereocenters. The van der Waals surface area contributed by atoms with E-state index in [0.717, 1.165) is 19.4 Å². The molecule has 0 fully saturated rings. The van der Waals surface area contributed by atoms with Crippen LogP contribution in [0.2, 0.25) is 0 Å². The first-order chi connectivity index (χ1) is 6.90. The van der Waals surface area contributed by atoms with Crippen LogP contribution < -0.4 is 11.1 Å². The molecule has 0 rings (SSSR count). The summed E-state index contributed by atoms with van der Waals surface area (Å²) in [7, 11) is 0. The Morgan fingerprint density at radius 2 is 2.07 bits per heavy atom. The lowest BCUT2D eigenvalue weighted by molar-refractivity contribution is 0.0967. The zero-order valence-electron chi connectivity index (χ0n) is 9.82. The molecular formula is C10H23N3O2. The quantitative estimate of drug-likeness (QED) is 0.166. The van der Waals surface area contributed by atoms with Gasteiger partial charge >= 0.3 is 0 Å². The van der Waals surface area contributed by atoms with Gasteiger partial charge in [0.15, 0.2) is 0 Å². The van der Waals surface area contributed by atoms with Gasteiger partial charge in [-0.1, -0.05) is 5.16 Å². The highest BCUT2D eigenvalue weighted by atomic mass is 16.4. The standard InChI is InChI=1S/C10H23N3O2/c1-8(14)10(2,3)12-7-5-4-6-9(11)13-15/h8,12,14-15H,4-7H2,1-3H3,(H2,11,13). The van der Waals surface area contributed by atoms with Gasteiger partial charge in [-0.2, -0.15) is 0 Å². The van der Waals surface area contributed by atoms with Crippen molar-refractivity contribution in [2.24, 2.45) is 10.9 Å². The largest absolute Gasteiger partial charge is 0.409 e. The van der Waals surface area contributed by atoms with Crippen molar-refractivity contribution < 1.29 is 10.3 Å². The highest BCUT2D eigenvalue weighted by Crippen LogP contribution is 2.08. The molecule has 0 aromatic rings. The van der Waals surface area contributed by atoms with Gasteiger partial charge in [-0.25, -0.2) is 0 Å². The number of aliphatic hydroxyl groups excluding tert-OH is 1. The van der Waals surface area contributed by atoms with Gasteiger partial charge in [0.05, 0.1) is 6.10 Å². The average molecular weight is 217 g/mol. The number of amidine groups is 1. The zero-order chi connectivity index (χ0) is 11.9. The van der Waals surface area contributed by atoms with Crippen molar-refractivity contribution in [1.82, 2.24) is 5.32 Å². The van der Waals surface area contributed by atoms with Crippen LogP contribution in [0, 0.1) is 0 Å². The second-order valence-electron chi connectivity index (χ2n) is 4.37. The fourth-order valence-electron chi connectivity index (χ4n) is 1.04.